The summed E-state index contributed by atoms with van der Waals surface area (Å²) in [6.45, 7) is 3.61. The van der Waals surface area contributed by atoms with Gasteiger partial charge in [-0.1, -0.05) is 23.7 Å². The molecule has 7 nitrogen and oxygen atoms in total. The Morgan fingerprint density at radius 1 is 1.16 bits per heavy atom. The Bertz CT molecular complexity index is 1120. The van der Waals surface area contributed by atoms with Gasteiger partial charge in [-0.3, -0.25) is 4.79 Å². The summed E-state index contributed by atoms with van der Waals surface area (Å²) in [5, 5.41) is 10.0. The first-order valence-electron chi connectivity index (χ1n) is 10.9. The average Bonchev–Trinajstić information content (AvgIpc) is 3.14. The molecule has 0 radical (unpaired) electrons. The Labute approximate surface area is 192 Å². The maximum Gasteiger partial charge on any atom is 0.309 e. The summed E-state index contributed by atoms with van der Waals surface area (Å²) in [5.74, 6) is -0.591. The molecule has 1 aromatic carbocycles. The number of anilines is 1. The second-order valence-electron chi connectivity index (χ2n) is 9.29. The van der Waals surface area contributed by atoms with Crippen molar-refractivity contribution in [2.24, 2.45) is 11.3 Å². The number of carboxylic acids is 1. The molecule has 1 aliphatic carbocycles. The number of hydrogen-bond donors (Lipinski definition) is 2. The highest BCUT2D eigenvalue weighted by molar-refractivity contribution is 6.33. The molecule has 0 amide bonds. The lowest BCUT2D eigenvalue weighted by Gasteiger charge is -2.36. The number of carbonyl (C=O) groups is 1. The Kier molecular flexibility index (Phi) is 6.03. The largest absolute Gasteiger partial charge is 0.481 e. The van der Waals surface area contributed by atoms with Crippen molar-refractivity contribution >= 4 is 34.4 Å². The van der Waals surface area contributed by atoms with Crippen molar-refractivity contribution < 1.29 is 14.6 Å². The molecule has 3 aromatic rings. The van der Waals surface area contributed by atoms with E-state index in [0.29, 0.717) is 22.4 Å². The fourth-order valence-electron chi connectivity index (χ4n) is 4.31. The van der Waals surface area contributed by atoms with E-state index in [4.69, 9.17) is 16.3 Å². The van der Waals surface area contributed by atoms with Crippen molar-refractivity contribution in [1.82, 2.24) is 15.0 Å². The van der Waals surface area contributed by atoms with Crippen molar-refractivity contribution in [1.29, 1.82) is 0 Å². The van der Waals surface area contributed by atoms with Gasteiger partial charge in [-0.15, -0.1) is 0 Å². The third-order valence-electron chi connectivity index (χ3n) is 6.59. The molecule has 0 bridgehead atoms. The Morgan fingerprint density at radius 2 is 1.81 bits per heavy atom. The zero-order chi connectivity index (χ0) is 23.0. The van der Waals surface area contributed by atoms with E-state index >= 15 is 0 Å². The minimum atomic E-state index is -0.741. The number of halogens is 1. The normalized spacial score (nSPS) is 19.2. The molecule has 2 heterocycles. The van der Waals surface area contributed by atoms with Gasteiger partial charge in [0.1, 0.15) is 6.10 Å². The van der Waals surface area contributed by atoms with Crippen molar-refractivity contribution in [3.05, 3.63) is 35.4 Å². The first kappa shape index (κ1) is 22.4. The van der Waals surface area contributed by atoms with Crippen LogP contribution in [-0.4, -0.2) is 46.2 Å². The molecule has 8 heteroatoms. The van der Waals surface area contributed by atoms with Gasteiger partial charge in [0.25, 0.3) is 6.01 Å². The van der Waals surface area contributed by atoms with Gasteiger partial charge in [-0.2, -0.15) is 4.98 Å². The average molecular weight is 457 g/mol. The highest BCUT2D eigenvalue weighted by Crippen LogP contribution is 2.39. The number of aromatic amines is 1. The number of fused-ring (bicyclic) bond motifs is 1. The number of imidazole rings is 1. The minimum Gasteiger partial charge on any atom is -0.481 e. The van der Waals surface area contributed by atoms with E-state index in [9.17, 15) is 9.90 Å². The van der Waals surface area contributed by atoms with Crippen LogP contribution < -0.4 is 9.64 Å². The van der Waals surface area contributed by atoms with Crippen LogP contribution in [0.3, 0.4) is 0 Å². The molecule has 4 rings (SSSR count). The lowest BCUT2D eigenvalue weighted by atomic mass is 9.70. The van der Waals surface area contributed by atoms with Gasteiger partial charge in [0, 0.05) is 25.3 Å². The molecular weight excluding hydrogens is 428 g/mol. The lowest BCUT2D eigenvalue weighted by Crippen LogP contribution is -2.37. The number of benzene rings is 1. The van der Waals surface area contributed by atoms with E-state index in [1.165, 1.54) is 0 Å². The Hall–Kier alpha value is -2.80. The standard InChI is InChI=1S/C24H29ClN4O3/c1-24(2,22(30)31)15-7-11-17(12-8-15)32-23-26-19-13-18(25)20(27-21(19)28-23)14-5-9-16(10-6-14)29(3)4/h5-6,9-10,13,15,17H,7-8,11-12H2,1-4H3,(H,30,31)(H,26,27,28)/t15-,17-. The summed E-state index contributed by atoms with van der Waals surface area (Å²) in [6.07, 6.45) is 3.25. The van der Waals surface area contributed by atoms with Crippen LogP contribution in [-0.2, 0) is 4.79 Å². The smallest absolute Gasteiger partial charge is 0.309 e. The Morgan fingerprint density at radius 3 is 2.41 bits per heavy atom. The molecule has 0 saturated heterocycles. The van der Waals surface area contributed by atoms with Gasteiger partial charge in [0.2, 0.25) is 0 Å². The highest BCUT2D eigenvalue weighted by Gasteiger charge is 2.39. The van der Waals surface area contributed by atoms with Crippen molar-refractivity contribution in [2.75, 3.05) is 19.0 Å². The summed E-state index contributed by atoms with van der Waals surface area (Å²) in [6, 6.07) is 10.3. The monoisotopic (exact) mass is 456 g/mol. The summed E-state index contributed by atoms with van der Waals surface area (Å²) >= 11 is 6.52. The third-order valence-corrected chi connectivity index (χ3v) is 6.87. The van der Waals surface area contributed by atoms with Crippen LogP contribution in [0.2, 0.25) is 5.02 Å². The number of rotatable bonds is 6. The molecule has 2 aromatic heterocycles. The van der Waals surface area contributed by atoms with Crippen LogP contribution in [0.4, 0.5) is 5.69 Å². The van der Waals surface area contributed by atoms with Gasteiger partial charge in [0.05, 0.1) is 21.6 Å². The number of aliphatic carboxylic acids is 1. The maximum absolute atomic E-state index is 11.5. The van der Waals surface area contributed by atoms with Gasteiger partial charge < -0.3 is 19.7 Å². The van der Waals surface area contributed by atoms with Crippen LogP contribution in [0.25, 0.3) is 22.4 Å². The quantitative estimate of drug-likeness (QED) is 0.516. The number of nitrogens with zero attached hydrogens (tertiary/aromatic N) is 3. The first-order chi connectivity index (χ1) is 15.1. The molecule has 0 atom stereocenters. The van der Waals surface area contributed by atoms with E-state index in [1.807, 2.05) is 63.2 Å². The van der Waals surface area contributed by atoms with Gasteiger partial charge in [-0.05, 0) is 63.6 Å². The molecule has 0 aliphatic heterocycles. The van der Waals surface area contributed by atoms with Crippen LogP contribution in [0.5, 0.6) is 6.01 Å². The first-order valence-corrected chi connectivity index (χ1v) is 11.3. The SMILES string of the molecule is CN(C)c1ccc(-c2nc3nc(O[C@H]4CC[C@H](C(C)(C)C(=O)O)CC4)[nH]c3cc2Cl)cc1. The van der Waals surface area contributed by atoms with Crippen molar-refractivity contribution in [3.8, 4) is 17.3 Å². The predicted molar refractivity (Wildman–Crippen MR) is 126 cm³/mol. The van der Waals surface area contributed by atoms with E-state index in [1.54, 1.807) is 0 Å². The summed E-state index contributed by atoms with van der Waals surface area (Å²) < 4.78 is 6.09. The molecule has 32 heavy (non-hydrogen) atoms. The van der Waals surface area contributed by atoms with Crippen LogP contribution in [0.15, 0.2) is 30.3 Å². The molecule has 1 aliphatic rings. The van der Waals surface area contributed by atoms with E-state index in [2.05, 4.69) is 15.0 Å². The van der Waals surface area contributed by atoms with Gasteiger partial charge in [-0.25, -0.2) is 4.98 Å². The number of H-pyrrole nitrogens is 1. The number of pyridine rings is 1. The van der Waals surface area contributed by atoms with Crippen LogP contribution in [0, 0.1) is 11.3 Å². The van der Waals surface area contributed by atoms with E-state index in [0.717, 1.165) is 42.5 Å². The lowest BCUT2D eigenvalue weighted by molar-refractivity contribution is -0.151. The Balaban J connectivity index is 1.48. The number of ether oxygens (including phenoxy) is 1. The molecule has 1 saturated carbocycles. The topological polar surface area (TPSA) is 91.3 Å². The number of aromatic nitrogens is 3. The van der Waals surface area contributed by atoms with Crippen LogP contribution in [0.1, 0.15) is 39.5 Å². The molecule has 0 spiro atoms. The van der Waals surface area contributed by atoms with Gasteiger partial charge >= 0.3 is 5.97 Å². The summed E-state index contributed by atoms with van der Waals surface area (Å²) in [4.78, 5) is 25.9. The zero-order valence-electron chi connectivity index (χ0n) is 18.9. The van der Waals surface area contributed by atoms with Crippen molar-refractivity contribution in [2.45, 2.75) is 45.6 Å². The second-order valence-corrected chi connectivity index (χ2v) is 9.70. The number of hydrogen-bond acceptors (Lipinski definition) is 5. The molecular formula is C24H29ClN4O3. The third kappa shape index (κ3) is 4.39. The van der Waals surface area contributed by atoms with Gasteiger partial charge in [0.15, 0.2) is 5.65 Å². The van der Waals surface area contributed by atoms with E-state index in [-0.39, 0.29) is 12.0 Å². The van der Waals surface area contributed by atoms with E-state index < -0.39 is 11.4 Å². The maximum atomic E-state index is 11.5. The summed E-state index contributed by atoms with van der Waals surface area (Å²) in [7, 11) is 3.99. The highest BCUT2D eigenvalue weighted by atomic mass is 35.5. The molecule has 0 unspecified atom stereocenters. The predicted octanol–water partition coefficient (Wildman–Crippen LogP) is 5.39. The minimum absolute atomic E-state index is 0.00456. The van der Waals surface area contributed by atoms with Crippen molar-refractivity contribution in [3.63, 3.8) is 0 Å². The molecule has 2 N–H and O–H groups in total. The number of nitrogens with one attached hydrogen (secondary N) is 1. The molecule has 170 valence electrons. The second kappa shape index (κ2) is 8.62. The number of carboxylic acid groups (broad SMARTS) is 1. The zero-order valence-corrected chi connectivity index (χ0v) is 19.6. The fourth-order valence-corrected chi connectivity index (χ4v) is 4.57. The summed E-state index contributed by atoms with van der Waals surface area (Å²) in [5.41, 5.74) is 3.26. The molecule has 1 fully saturated rings. The van der Waals surface area contributed by atoms with Crippen LogP contribution >= 0.6 is 11.6 Å². The fraction of sp³-hybridized carbons (Fsp3) is 0.458.